The topological polar surface area (TPSA) is 97.0 Å². The molecule has 2 aromatic carbocycles. The minimum atomic E-state index is -0.392. The van der Waals surface area contributed by atoms with Gasteiger partial charge in [0.2, 0.25) is 11.8 Å². The van der Waals surface area contributed by atoms with E-state index in [1.165, 1.54) is 6.07 Å². The van der Waals surface area contributed by atoms with E-state index in [2.05, 4.69) is 10.6 Å². The molecule has 0 radical (unpaired) electrons. The molecule has 38 heavy (non-hydrogen) atoms. The number of likely N-dealkylation sites (N-methyl/N-ethyl adjacent to an activating group) is 1. The Morgan fingerprint density at radius 3 is 2.66 bits per heavy atom. The second-order valence-electron chi connectivity index (χ2n) is 10.4. The van der Waals surface area contributed by atoms with Crippen LogP contribution in [0.2, 0.25) is 0 Å². The van der Waals surface area contributed by atoms with E-state index in [1.807, 2.05) is 0 Å². The van der Waals surface area contributed by atoms with Gasteiger partial charge in [0.1, 0.15) is 24.3 Å². The zero-order valence-electron chi connectivity index (χ0n) is 21.6. The number of fused-ring (bicyclic) bond motifs is 2. The fourth-order valence-corrected chi connectivity index (χ4v) is 5.65. The van der Waals surface area contributed by atoms with Crippen LogP contribution in [0.1, 0.15) is 60.9 Å². The monoisotopic (exact) mass is 523 g/mol. The number of benzene rings is 2. The van der Waals surface area contributed by atoms with E-state index in [9.17, 15) is 18.8 Å². The fraction of sp³-hybridized carbons (Fsp3) is 0.483. The molecule has 202 valence electrons. The number of anilines is 1. The van der Waals surface area contributed by atoms with Crippen molar-refractivity contribution in [1.29, 1.82) is 0 Å². The lowest BCUT2D eigenvalue weighted by Crippen LogP contribution is -2.53. The SMILES string of the molecule is CN1C(=O)c2cc(NC(=O)C3CCCC3)ccc2OC[C@H]2O[C@H](CC(=O)NCc3ccccc3F)CC[C@H]21. The normalized spacial score (nSPS) is 23.5. The summed E-state index contributed by atoms with van der Waals surface area (Å²) in [6.45, 7) is 0.348. The van der Waals surface area contributed by atoms with Crippen molar-refractivity contribution in [2.75, 3.05) is 19.0 Å². The summed E-state index contributed by atoms with van der Waals surface area (Å²) in [5.41, 5.74) is 1.42. The second-order valence-corrected chi connectivity index (χ2v) is 10.4. The van der Waals surface area contributed by atoms with Crippen LogP contribution in [0.25, 0.3) is 0 Å². The molecule has 8 nitrogen and oxygen atoms in total. The first-order valence-corrected chi connectivity index (χ1v) is 13.4. The lowest BCUT2D eigenvalue weighted by molar-refractivity contribution is -0.134. The lowest BCUT2D eigenvalue weighted by atomic mass is 9.94. The van der Waals surface area contributed by atoms with Crippen LogP contribution in [0.15, 0.2) is 42.5 Å². The van der Waals surface area contributed by atoms with Crippen LogP contribution >= 0.6 is 0 Å². The number of nitrogens with zero attached hydrogens (tertiary/aromatic N) is 1. The summed E-state index contributed by atoms with van der Waals surface area (Å²) in [6.07, 6.45) is 4.65. The summed E-state index contributed by atoms with van der Waals surface area (Å²) in [7, 11) is 1.75. The number of rotatable bonds is 6. The van der Waals surface area contributed by atoms with Gasteiger partial charge in [-0.1, -0.05) is 31.0 Å². The highest BCUT2D eigenvalue weighted by Gasteiger charge is 2.39. The predicted molar refractivity (Wildman–Crippen MR) is 139 cm³/mol. The molecule has 0 spiro atoms. The fourth-order valence-electron chi connectivity index (χ4n) is 5.65. The zero-order valence-corrected chi connectivity index (χ0v) is 21.6. The summed E-state index contributed by atoms with van der Waals surface area (Å²) in [6, 6.07) is 11.3. The quantitative estimate of drug-likeness (QED) is 0.596. The molecular formula is C29H34FN3O5. The van der Waals surface area contributed by atoms with Crippen molar-refractivity contribution >= 4 is 23.4 Å². The average molecular weight is 524 g/mol. The Morgan fingerprint density at radius 1 is 1.08 bits per heavy atom. The molecular weight excluding hydrogens is 489 g/mol. The Bertz CT molecular complexity index is 1200. The largest absolute Gasteiger partial charge is 0.490 e. The number of amides is 3. The number of hydrogen-bond donors (Lipinski definition) is 2. The van der Waals surface area contributed by atoms with Crippen molar-refractivity contribution in [3.8, 4) is 5.75 Å². The van der Waals surface area contributed by atoms with Crippen molar-refractivity contribution < 1.29 is 28.2 Å². The first-order valence-electron chi connectivity index (χ1n) is 13.4. The van der Waals surface area contributed by atoms with Crippen LogP contribution in [0.5, 0.6) is 5.75 Å². The molecule has 0 unspecified atom stereocenters. The Kier molecular flexibility index (Phi) is 7.93. The highest BCUT2D eigenvalue weighted by molar-refractivity contribution is 6.00. The molecule has 3 aliphatic rings. The Morgan fingerprint density at radius 2 is 1.87 bits per heavy atom. The zero-order chi connectivity index (χ0) is 26.6. The summed E-state index contributed by atoms with van der Waals surface area (Å²) >= 11 is 0. The number of carbonyl (C=O) groups is 3. The molecule has 0 aromatic heterocycles. The van der Waals surface area contributed by atoms with Gasteiger partial charge in [-0.15, -0.1) is 0 Å². The maximum absolute atomic E-state index is 13.8. The highest BCUT2D eigenvalue weighted by Crippen LogP contribution is 2.33. The average Bonchev–Trinajstić information content (AvgIpc) is 3.46. The summed E-state index contributed by atoms with van der Waals surface area (Å²) in [5.74, 6) is -0.303. The minimum absolute atomic E-state index is 0.000238. The molecule has 9 heteroatoms. The van der Waals surface area contributed by atoms with E-state index in [1.54, 1.807) is 48.3 Å². The maximum Gasteiger partial charge on any atom is 0.257 e. The van der Waals surface area contributed by atoms with Gasteiger partial charge in [0.15, 0.2) is 0 Å². The van der Waals surface area contributed by atoms with Crippen molar-refractivity contribution in [1.82, 2.24) is 10.2 Å². The number of carbonyl (C=O) groups excluding carboxylic acids is 3. The lowest BCUT2D eigenvalue weighted by Gasteiger charge is -2.42. The molecule has 2 aliphatic heterocycles. The number of ether oxygens (including phenoxy) is 2. The van der Waals surface area contributed by atoms with Crippen LogP contribution in [-0.2, 0) is 20.9 Å². The summed E-state index contributed by atoms with van der Waals surface area (Å²) < 4.78 is 26.1. The van der Waals surface area contributed by atoms with Gasteiger partial charge in [-0.2, -0.15) is 0 Å². The molecule has 5 rings (SSSR count). The number of nitrogens with one attached hydrogen (secondary N) is 2. The first kappa shape index (κ1) is 26.2. The van der Waals surface area contributed by atoms with E-state index in [0.717, 1.165) is 25.7 Å². The van der Waals surface area contributed by atoms with Gasteiger partial charge in [0.25, 0.3) is 5.91 Å². The van der Waals surface area contributed by atoms with Crippen molar-refractivity contribution in [2.24, 2.45) is 5.92 Å². The minimum Gasteiger partial charge on any atom is -0.490 e. The van der Waals surface area contributed by atoms with Gasteiger partial charge in [-0.25, -0.2) is 4.39 Å². The Balaban J connectivity index is 1.20. The molecule has 3 atom stereocenters. The summed E-state index contributed by atoms with van der Waals surface area (Å²) in [5, 5.41) is 5.72. The van der Waals surface area contributed by atoms with E-state index in [0.29, 0.717) is 35.4 Å². The van der Waals surface area contributed by atoms with Gasteiger partial charge in [0, 0.05) is 30.8 Å². The molecule has 1 aliphatic carbocycles. The summed E-state index contributed by atoms with van der Waals surface area (Å²) in [4.78, 5) is 40.2. The van der Waals surface area contributed by atoms with Crippen molar-refractivity contribution in [3.63, 3.8) is 0 Å². The van der Waals surface area contributed by atoms with Gasteiger partial charge >= 0.3 is 0 Å². The Hall–Kier alpha value is -3.46. The van der Waals surface area contributed by atoms with Gasteiger partial charge in [-0.3, -0.25) is 14.4 Å². The molecule has 1 saturated heterocycles. The third-order valence-electron chi connectivity index (χ3n) is 7.85. The maximum atomic E-state index is 13.8. The van der Waals surface area contributed by atoms with E-state index in [-0.39, 0.29) is 61.2 Å². The molecule has 3 amide bonds. The highest BCUT2D eigenvalue weighted by atomic mass is 19.1. The van der Waals surface area contributed by atoms with E-state index in [4.69, 9.17) is 9.47 Å². The molecule has 2 fully saturated rings. The molecule has 2 aromatic rings. The third-order valence-corrected chi connectivity index (χ3v) is 7.85. The second kappa shape index (κ2) is 11.5. The van der Waals surface area contributed by atoms with Crippen LogP contribution in [0.3, 0.4) is 0 Å². The molecule has 0 bridgehead atoms. The third kappa shape index (κ3) is 5.83. The van der Waals surface area contributed by atoms with Gasteiger partial charge in [0.05, 0.1) is 24.1 Å². The first-order chi connectivity index (χ1) is 18.4. The predicted octanol–water partition coefficient (Wildman–Crippen LogP) is 4.04. The molecule has 1 saturated carbocycles. The van der Waals surface area contributed by atoms with E-state index < -0.39 is 6.10 Å². The van der Waals surface area contributed by atoms with Crippen LogP contribution in [0, 0.1) is 11.7 Å². The smallest absolute Gasteiger partial charge is 0.257 e. The molecule has 2 N–H and O–H groups in total. The van der Waals surface area contributed by atoms with Crippen LogP contribution < -0.4 is 15.4 Å². The van der Waals surface area contributed by atoms with Crippen LogP contribution in [-0.4, -0.2) is 54.5 Å². The standard InChI is InChI=1S/C29H34FN3O5/c1-33-24-12-11-21(15-27(34)31-16-19-8-4-5-9-23(19)30)38-26(24)17-37-25-13-10-20(14-22(25)29(33)36)32-28(35)18-6-2-3-7-18/h4-5,8-10,13-14,18,21,24,26H,2-3,6-7,11-12,15-17H2,1H3,(H,31,34)(H,32,35)/t21-,24+,26+/m0/s1. The van der Waals surface area contributed by atoms with Gasteiger partial charge < -0.3 is 25.0 Å². The Labute approximate surface area is 221 Å². The van der Waals surface area contributed by atoms with Crippen LogP contribution in [0.4, 0.5) is 10.1 Å². The number of halogens is 1. The van der Waals surface area contributed by atoms with E-state index >= 15 is 0 Å². The van der Waals surface area contributed by atoms with Gasteiger partial charge in [-0.05, 0) is 49.9 Å². The number of hydrogen-bond acceptors (Lipinski definition) is 5. The van der Waals surface area contributed by atoms with Crippen molar-refractivity contribution in [3.05, 3.63) is 59.4 Å². The van der Waals surface area contributed by atoms with Crippen molar-refractivity contribution in [2.45, 2.75) is 69.7 Å². The molecule has 2 heterocycles.